The largest absolute Gasteiger partial charge is 0.365 e. The molecule has 20 heavy (non-hydrogen) atoms. The smallest absolute Gasteiger partial charge is 0.144 e. The van der Waals surface area contributed by atoms with Crippen LogP contribution in [0.3, 0.4) is 0 Å². The van der Waals surface area contributed by atoms with Gasteiger partial charge in [0, 0.05) is 24.3 Å². The number of hydrogen-bond donors (Lipinski definition) is 1. The van der Waals surface area contributed by atoms with Gasteiger partial charge in [-0.1, -0.05) is 24.3 Å². The maximum atomic E-state index is 9.05. The summed E-state index contributed by atoms with van der Waals surface area (Å²) < 4.78 is 0. The molecule has 0 saturated heterocycles. The van der Waals surface area contributed by atoms with Crippen molar-refractivity contribution in [2.75, 3.05) is 5.32 Å². The lowest BCUT2D eigenvalue weighted by molar-refractivity contribution is 1.11. The van der Waals surface area contributed by atoms with E-state index in [0.29, 0.717) is 17.9 Å². The molecule has 0 aliphatic carbocycles. The summed E-state index contributed by atoms with van der Waals surface area (Å²) in [6, 6.07) is 15.7. The van der Waals surface area contributed by atoms with E-state index in [4.69, 9.17) is 5.26 Å². The Bertz CT molecular complexity index is 784. The first-order valence-corrected chi connectivity index (χ1v) is 6.30. The Morgan fingerprint density at radius 3 is 2.70 bits per heavy atom. The summed E-state index contributed by atoms with van der Waals surface area (Å²) >= 11 is 0. The van der Waals surface area contributed by atoms with Crippen LogP contribution in [0.5, 0.6) is 0 Å². The molecule has 0 bridgehead atoms. The van der Waals surface area contributed by atoms with Crippen LogP contribution in [0, 0.1) is 11.3 Å². The van der Waals surface area contributed by atoms with Crippen LogP contribution in [0.25, 0.3) is 10.9 Å². The van der Waals surface area contributed by atoms with Crippen molar-refractivity contribution in [3.8, 4) is 6.07 Å². The van der Waals surface area contributed by atoms with Crippen LogP contribution in [-0.2, 0) is 6.54 Å². The average Bonchev–Trinajstić information content (AvgIpc) is 2.53. The van der Waals surface area contributed by atoms with Gasteiger partial charge >= 0.3 is 0 Å². The Hall–Kier alpha value is -2.93. The fraction of sp³-hybridized carbons (Fsp3) is 0.0625. The van der Waals surface area contributed by atoms with Crippen LogP contribution in [0.2, 0.25) is 0 Å². The third-order valence-electron chi connectivity index (χ3n) is 3.09. The van der Waals surface area contributed by atoms with Gasteiger partial charge in [-0.2, -0.15) is 5.26 Å². The van der Waals surface area contributed by atoms with Gasteiger partial charge in [0.25, 0.3) is 0 Å². The minimum absolute atomic E-state index is 0.542. The van der Waals surface area contributed by atoms with Crippen molar-refractivity contribution in [1.82, 2.24) is 9.97 Å². The number of nitrogens with one attached hydrogen (secondary N) is 1. The van der Waals surface area contributed by atoms with E-state index in [1.54, 1.807) is 24.5 Å². The van der Waals surface area contributed by atoms with Crippen molar-refractivity contribution in [2.45, 2.75) is 6.54 Å². The van der Waals surface area contributed by atoms with Gasteiger partial charge in [0.05, 0.1) is 11.1 Å². The average molecular weight is 260 g/mol. The van der Waals surface area contributed by atoms with E-state index >= 15 is 0 Å². The van der Waals surface area contributed by atoms with Gasteiger partial charge in [0.2, 0.25) is 0 Å². The number of anilines is 1. The molecule has 1 N–H and O–H groups in total. The van der Waals surface area contributed by atoms with Crippen molar-refractivity contribution in [3.05, 3.63) is 66.0 Å². The van der Waals surface area contributed by atoms with Crippen LogP contribution < -0.4 is 5.32 Å². The monoisotopic (exact) mass is 260 g/mol. The first-order chi connectivity index (χ1) is 9.88. The van der Waals surface area contributed by atoms with Crippen LogP contribution in [0.1, 0.15) is 11.1 Å². The molecule has 0 saturated carbocycles. The molecule has 4 nitrogen and oxygen atoms in total. The van der Waals surface area contributed by atoms with Crippen molar-refractivity contribution in [1.29, 1.82) is 5.26 Å². The second-order valence-corrected chi connectivity index (χ2v) is 4.36. The van der Waals surface area contributed by atoms with Crippen molar-refractivity contribution in [3.63, 3.8) is 0 Å². The van der Waals surface area contributed by atoms with E-state index in [0.717, 1.165) is 16.5 Å². The minimum Gasteiger partial charge on any atom is -0.365 e. The summed E-state index contributed by atoms with van der Waals surface area (Å²) in [7, 11) is 0. The summed E-state index contributed by atoms with van der Waals surface area (Å²) in [5.74, 6) is 0.600. The molecule has 0 atom stereocenters. The fourth-order valence-electron chi connectivity index (χ4n) is 2.13. The number of nitriles is 1. The maximum absolute atomic E-state index is 9.05. The Morgan fingerprint density at radius 2 is 1.80 bits per heavy atom. The lowest BCUT2D eigenvalue weighted by atomic mass is 10.1. The molecule has 3 rings (SSSR count). The highest BCUT2D eigenvalue weighted by Gasteiger charge is 2.04. The Morgan fingerprint density at radius 1 is 1.00 bits per heavy atom. The summed E-state index contributed by atoms with van der Waals surface area (Å²) in [6.45, 7) is 0.583. The number of nitrogens with zero attached hydrogens (tertiary/aromatic N) is 3. The molecule has 0 radical (unpaired) electrons. The number of pyridine rings is 2. The highest BCUT2D eigenvalue weighted by atomic mass is 15.0. The van der Waals surface area contributed by atoms with Gasteiger partial charge < -0.3 is 5.32 Å². The zero-order valence-electron chi connectivity index (χ0n) is 10.7. The number of hydrogen-bond acceptors (Lipinski definition) is 4. The highest BCUT2D eigenvalue weighted by Crippen LogP contribution is 2.18. The number of fused-ring (bicyclic) bond motifs is 1. The molecule has 3 aromatic rings. The van der Waals surface area contributed by atoms with Crippen LogP contribution >= 0.6 is 0 Å². The van der Waals surface area contributed by atoms with E-state index in [1.165, 1.54) is 0 Å². The topological polar surface area (TPSA) is 61.6 Å². The molecule has 0 aliphatic rings. The van der Waals surface area contributed by atoms with Gasteiger partial charge in [0.1, 0.15) is 11.9 Å². The van der Waals surface area contributed by atoms with Crippen LogP contribution in [0.4, 0.5) is 5.82 Å². The Labute approximate surface area is 116 Å². The van der Waals surface area contributed by atoms with Gasteiger partial charge in [-0.15, -0.1) is 0 Å². The lowest BCUT2D eigenvalue weighted by Gasteiger charge is -2.08. The number of benzene rings is 1. The molecular formula is C16H12N4. The lowest BCUT2D eigenvalue weighted by Crippen LogP contribution is -2.04. The van der Waals surface area contributed by atoms with Crippen LogP contribution in [-0.4, -0.2) is 9.97 Å². The molecule has 4 heteroatoms. The minimum atomic E-state index is 0.542. The van der Waals surface area contributed by atoms with E-state index in [2.05, 4.69) is 21.4 Å². The van der Waals surface area contributed by atoms with Gasteiger partial charge in [-0.05, 0) is 23.8 Å². The Balaban J connectivity index is 1.89. The SMILES string of the molecule is N#Cc1cccnc1NCc1cccc2cccnc12. The third-order valence-corrected chi connectivity index (χ3v) is 3.09. The van der Waals surface area contributed by atoms with Crippen molar-refractivity contribution < 1.29 is 0 Å². The second-order valence-electron chi connectivity index (χ2n) is 4.36. The Kier molecular flexibility index (Phi) is 3.25. The molecular weight excluding hydrogens is 248 g/mol. The summed E-state index contributed by atoms with van der Waals surface area (Å²) in [5, 5.41) is 13.3. The first-order valence-electron chi connectivity index (χ1n) is 6.30. The summed E-state index contributed by atoms with van der Waals surface area (Å²) in [6.07, 6.45) is 3.46. The molecule has 96 valence electrons. The predicted octanol–water partition coefficient (Wildman–Crippen LogP) is 3.11. The summed E-state index contributed by atoms with van der Waals surface area (Å²) in [5.41, 5.74) is 2.59. The normalized spacial score (nSPS) is 10.2. The molecule has 0 unspecified atom stereocenters. The van der Waals surface area contributed by atoms with Crippen molar-refractivity contribution >= 4 is 16.7 Å². The standard InChI is InChI=1S/C16H12N4/c17-10-13-7-3-9-19-16(13)20-11-14-5-1-4-12-6-2-8-18-15(12)14/h1-9H,11H2,(H,19,20). The molecule has 0 fully saturated rings. The zero-order valence-corrected chi connectivity index (χ0v) is 10.7. The first kappa shape index (κ1) is 12.1. The number of rotatable bonds is 3. The van der Waals surface area contributed by atoms with Gasteiger partial charge in [-0.3, -0.25) is 4.98 Å². The maximum Gasteiger partial charge on any atom is 0.144 e. The van der Waals surface area contributed by atoms with Crippen molar-refractivity contribution in [2.24, 2.45) is 0 Å². The van der Waals surface area contributed by atoms with E-state index < -0.39 is 0 Å². The van der Waals surface area contributed by atoms with E-state index in [9.17, 15) is 0 Å². The molecule has 0 amide bonds. The van der Waals surface area contributed by atoms with E-state index in [1.807, 2.05) is 30.3 Å². The fourth-order valence-corrected chi connectivity index (χ4v) is 2.13. The number of aromatic nitrogens is 2. The molecule has 0 spiro atoms. The zero-order chi connectivity index (χ0) is 13.8. The molecule has 1 aromatic carbocycles. The van der Waals surface area contributed by atoms with Gasteiger partial charge in [-0.25, -0.2) is 4.98 Å². The predicted molar refractivity (Wildman–Crippen MR) is 78.0 cm³/mol. The van der Waals surface area contributed by atoms with Crippen LogP contribution in [0.15, 0.2) is 54.9 Å². The third kappa shape index (κ3) is 2.29. The quantitative estimate of drug-likeness (QED) is 0.786. The second kappa shape index (κ2) is 5.37. The summed E-state index contributed by atoms with van der Waals surface area (Å²) in [4.78, 5) is 8.60. The van der Waals surface area contributed by atoms with Gasteiger partial charge in [0.15, 0.2) is 0 Å². The molecule has 2 aromatic heterocycles. The number of para-hydroxylation sites is 1. The van der Waals surface area contributed by atoms with E-state index in [-0.39, 0.29) is 0 Å². The highest BCUT2D eigenvalue weighted by molar-refractivity contribution is 5.81. The molecule has 2 heterocycles. The molecule has 0 aliphatic heterocycles.